The van der Waals surface area contributed by atoms with Crippen LogP contribution in [0, 0.1) is 12.3 Å². The van der Waals surface area contributed by atoms with Gasteiger partial charge >= 0.3 is 0 Å². The summed E-state index contributed by atoms with van der Waals surface area (Å²) in [6, 6.07) is 2.01. The van der Waals surface area contributed by atoms with Crippen LogP contribution in [0.5, 0.6) is 0 Å². The first-order chi connectivity index (χ1) is 7.76. The van der Waals surface area contributed by atoms with Crippen molar-refractivity contribution in [3.05, 3.63) is 22.4 Å². The van der Waals surface area contributed by atoms with E-state index in [2.05, 4.69) is 27.2 Å². The molecule has 92 valence electrons. The van der Waals surface area contributed by atoms with Gasteiger partial charge in [-0.1, -0.05) is 5.92 Å². The van der Waals surface area contributed by atoms with Crippen LogP contribution in [0.2, 0.25) is 0 Å². The molecule has 1 aromatic heterocycles. The molecule has 0 aliphatic carbocycles. The van der Waals surface area contributed by atoms with Gasteiger partial charge in [-0.3, -0.25) is 4.79 Å². The van der Waals surface area contributed by atoms with Gasteiger partial charge in [-0.2, -0.15) is 0 Å². The molecular weight excluding hydrogens is 280 g/mol. The summed E-state index contributed by atoms with van der Waals surface area (Å²) in [5.74, 6) is 2.38. The van der Waals surface area contributed by atoms with Crippen LogP contribution in [0.1, 0.15) is 44.2 Å². The summed E-state index contributed by atoms with van der Waals surface area (Å²) >= 11 is 3.38. The van der Waals surface area contributed by atoms with Gasteiger partial charge in [0.05, 0.1) is 5.54 Å². The number of carbonyl (C=O) groups is 1. The van der Waals surface area contributed by atoms with Crippen molar-refractivity contribution in [2.24, 2.45) is 0 Å². The number of nitrogens with one attached hydrogen (secondary N) is 1. The number of aromatic nitrogens is 1. The van der Waals surface area contributed by atoms with Gasteiger partial charge in [0.25, 0.3) is 5.91 Å². The van der Waals surface area contributed by atoms with Crippen molar-refractivity contribution in [3.63, 3.8) is 0 Å². The SMILES string of the molecule is C#CC(C)(C)NC(=O)c1cc(Br)cn1C(C)C. The maximum atomic E-state index is 12.1. The fourth-order valence-corrected chi connectivity index (χ4v) is 1.88. The second-order valence-corrected chi connectivity index (χ2v) is 5.68. The van der Waals surface area contributed by atoms with Crippen molar-refractivity contribution < 1.29 is 4.79 Å². The molecule has 0 aliphatic rings. The third-order valence-corrected chi connectivity index (χ3v) is 2.82. The Bertz CT molecular complexity index is 466. The molecule has 0 unspecified atom stereocenters. The topological polar surface area (TPSA) is 34.0 Å². The van der Waals surface area contributed by atoms with Crippen LogP contribution in [0.15, 0.2) is 16.7 Å². The zero-order valence-corrected chi connectivity index (χ0v) is 12.1. The van der Waals surface area contributed by atoms with Crippen molar-refractivity contribution >= 4 is 21.8 Å². The lowest BCUT2D eigenvalue weighted by molar-refractivity contribution is 0.0919. The zero-order valence-electron chi connectivity index (χ0n) is 10.5. The molecule has 0 spiro atoms. The molecule has 1 rings (SSSR count). The summed E-state index contributed by atoms with van der Waals surface area (Å²) in [7, 11) is 0. The molecule has 0 saturated carbocycles. The van der Waals surface area contributed by atoms with E-state index < -0.39 is 5.54 Å². The Hall–Kier alpha value is -1.21. The quantitative estimate of drug-likeness (QED) is 0.855. The predicted octanol–water partition coefficient (Wildman–Crippen LogP) is 2.97. The van der Waals surface area contributed by atoms with Crippen LogP contribution in [0.3, 0.4) is 0 Å². The minimum atomic E-state index is -0.643. The molecular formula is C13H17BrN2O. The van der Waals surface area contributed by atoms with E-state index in [0.717, 1.165) is 4.47 Å². The number of hydrogen-bond donors (Lipinski definition) is 1. The molecule has 0 atom stereocenters. The molecule has 0 saturated heterocycles. The van der Waals surface area contributed by atoms with Crippen LogP contribution in [0.25, 0.3) is 0 Å². The first kappa shape index (κ1) is 13.9. The number of terminal acetylenes is 1. The van der Waals surface area contributed by atoms with Gasteiger partial charge in [0.15, 0.2) is 0 Å². The standard InChI is InChI=1S/C13H17BrN2O/c1-6-13(4,5)15-12(17)11-7-10(14)8-16(11)9(2)3/h1,7-9H,2-5H3,(H,15,17). The van der Waals surface area contributed by atoms with Crippen molar-refractivity contribution in [1.82, 2.24) is 9.88 Å². The normalized spacial score (nSPS) is 11.4. The molecule has 1 amide bonds. The van der Waals surface area contributed by atoms with Crippen LogP contribution in [-0.4, -0.2) is 16.0 Å². The first-order valence-electron chi connectivity index (χ1n) is 5.44. The summed E-state index contributed by atoms with van der Waals surface area (Å²) in [6.45, 7) is 7.64. The molecule has 0 aliphatic heterocycles. The van der Waals surface area contributed by atoms with Crippen LogP contribution in [0.4, 0.5) is 0 Å². The number of rotatable bonds is 3. The largest absolute Gasteiger partial charge is 0.340 e. The highest BCUT2D eigenvalue weighted by Gasteiger charge is 2.21. The van der Waals surface area contributed by atoms with E-state index in [9.17, 15) is 4.79 Å². The molecule has 0 fully saturated rings. The van der Waals surface area contributed by atoms with E-state index in [1.165, 1.54) is 0 Å². The van der Waals surface area contributed by atoms with Crippen LogP contribution < -0.4 is 5.32 Å². The van der Waals surface area contributed by atoms with Gasteiger partial charge in [-0.15, -0.1) is 6.42 Å². The molecule has 17 heavy (non-hydrogen) atoms. The van der Waals surface area contributed by atoms with Gasteiger partial charge in [0, 0.05) is 16.7 Å². The van der Waals surface area contributed by atoms with Crippen molar-refractivity contribution in [2.45, 2.75) is 39.3 Å². The molecule has 1 N–H and O–H groups in total. The highest BCUT2D eigenvalue weighted by atomic mass is 79.9. The molecule has 0 radical (unpaired) electrons. The average Bonchev–Trinajstić information content (AvgIpc) is 2.60. The zero-order chi connectivity index (χ0) is 13.2. The number of amides is 1. The summed E-state index contributed by atoms with van der Waals surface area (Å²) in [5, 5.41) is 2.81. The Kier molecular flexibility index (Phi) is 4.05. The Balaban J connectivity index is 3.02. The van der Waals surface area contributed by atoms with Crippen LogP contribution >= 0.6 is 15.9 Å². The van der Waals surface area contributed by atoms with E-state index in [-0.39, 0.29) is 11.9 Å². The van der Waals surface area contributed by atoms with Gasteiger partial charge < -0.3 is 9.88 Å². The summed E-state index contributed by atoms with van der Waals surface area (Å²) in [5.41, 5.74) is -0.0365. The Morgan fingerprint density at radius 1 is 1.59 bits per heavy atom. The van der Waals surface area contributed by atoms with Gasteiger partial charge in [0.1, 0.15) is 5.69 Å². The second-order valence-electron chi connectivity index (χ2n) is 4.77. The van der Waals surface area contributed by atoms with Gasteiger partial charge in [-0.05, 0) is 49.7 Å². The highest BCUT2D eigenvalue weighted by molar-refractivity contribution is 9.10. The Morgan fingerprint density at radius 2 is 2.18 bits per heavy atom. The van der Waals surface area contributed by atoms with Gasteiger partial charge in [-0.25, -0.2) is 0 Å². The second kappa shape index (κ2) is 4.97. The van der Waals surface area contributed by atoms with E-state index >= 15 is 0 Å². The fraction of sp³-hybridized carbons (Fsp3) is 0.462. The lowest BCUT2D eigenvalue weighted by Crippen LogP contribution is -2.42. The van der Waals surface area contributed by atoms with E-state index in [4.69, 9.17) is 6.42 Å². The smallest absolute Gasteiger partial charge is 0.269 e. The minimum Gasteiger partial charge on any atom is -0.340 e. The van der Waals surface area contributed by atoms with E-state index in [1.54, 1.807) is 19.9 Å². The molecule has 3 nitrogen and oxygen atoms in total. The maximum Gasteiger partial charge on any atom is 0.269 e. The van der Waals surface area contributed by atoms with Crippen molar-refractivity contribution in [1.29, 1.82) is 0 Å². The summed E-state index contributed by atoms with van der Waals surface area (Å²) in [6.07, 6.45) is 7.25. The number of nitrogens with zero attached hydrogens (tertiary/aromatic N) is 1. The predicted molar refractivity (Wildman–Crippen MR) is 72.9 cm³/mol. The minimum absolute atomic E-state index is 0.160. The molecule has 1 aromatic rings. The average molecular weight is 297 g/mol. The van der Waals surface area contributed by atoms with Crippen LogP contribution in [-0.2, 0) is 0 Å². The maximum absolute atomic E-state index is 12.1. The lowest BCUT2D eigenvalue weighted by Gasteiger charge is -2.21. The molecule has 0 aromatic carbocycles. The Morgan fingerprint density at radius 3 is 2.65 bits per heavy atom. The molecule has 0 bridgehead atoms. The highest BCUT2D eigenvalue weighted by Crippen LogP contribution is 2.19. The lowest BCUT2D eigenvalue weighted by atomic mass is 10.1. The number of halogens is 1. The first-order valence-corrected chi connectivity index (χ1v) is 6.24. The van der Waals surface area contributed by atoms with E-state index in [1.807, 2.05) is 24.6 Å². The van der Waals surface area contributed by atoms with Gasteiger partial charge in [0.2, 0.25) is 0 Å². The van der Waals surface area contributed by atoms with E-state index in [0.29, 0.717) is 5.69 Å². The molecule has 1 heterocycles. The fourth-order valence-electron chi connectivity index (χ4n) is 1.44. The summed E-state index contributed by atoms with van der Waals surface area (Å²) in [4.78, 5) is 12.1. The summed E-state index contributed by atoms with van der Waals surface area (Å²) < 4.78 is 2.79. The number of hydrogen-bond acceptors (Lipinski definition) is 1. The third kappa shape index (κ3) is 3.37. The Labute approximate surface area is 111 Å². The number of carbonyl (C=O) groups excluding carboxylic acids is 1. The third-order valence-electron chi connectivity index (χ3n) is 2.39. The molecule has 4 heteroatoms. The van der Waals surface area contributed by atoms with Crippen molar-refractivity contribution in [3.8, 4) is 12.3 Å². The monoisotopic (exact) mass is 296 g/mol. The van der Waals surface area contributed by atoms with Crippen molar-refractivity contribution in [2.75, 3.05) is 0 Å².